The molecule has 29 heavy (non-hydrogen) atoms. The Hall–Kier alpha value is -1.67. The van der Waals surface area contributed by atoms with Gasteiger partial charge in [-0.3, -0.25) is 0 Å². The summed E-state index contributed by atoms with van der Waals surface area (Å²) < 4.78 is 0. The maximum atomic E-state index is 5.55. The van der Waals surface area contributed by atoms with Crippen LogP contribution in [0.25, 0.3) is 0 Å². The van der Waals surface area contributed by atoms with Gasteiger partial charge < -0.3 is 27.4 Å². The highest BCUT2D eigenvalue weighted by atomic mass is 15.3. The number of nitrogens with zero attached hydrogens (tertiary/aromatic N) is 3. The summed E-state index contributed by atoms with van der Waals surface area (Å²) in [6.07, 6.45) is 13.9. The summed E-state index contributed by atoms with van der Waals surface area (Å²) >= 11 is 0. The minimum Gasteiger partial charge on any atom is -0.354 e. The van der Waals surface area contributed by atoms with E-state index in [9.17, 15) is 0 Å². The van der Waals surface area contributed by atoms with E-state index in [0.29, 0.717) is 17.8 Å². The molecule has 0 aromatic carbocycles. The van der Waals surface area contributed by atoms with Crippen LogP contribution in [-0.2, 0) is 0 Å². The Kier molecular flexibility index (Phi) is 16.1. The van der Waals surface area contributed by atoms with Crippen molar-refractivity contribution < 1.29 is 0 Å². The van der Waals surface area contributed by atoms with E-state index in [4.69, 9.17) is 11.5 Å². The summed E-state index contributed by atoms with van der Waals surface area (Å²) in [6, 6.07) is 0. The number of anilines is 3. The van der Waals surface area contributed by atoms with Crippen LogP contribution >= 0.6 is 0 Å². The monoisotopic (exact) mass is 408 g/mol. The first-order valence-corrected chi connectivity index (χ1v) is 11.7. The second kappa shape index (κ2) is 18.4. The zero-order valence-corrected chi connectivity index (χ0v) is 18.5. The van der Waals surface area contributed by atoms with Crippen LogP contribution in [-0.4, -0.2) is 47.7 Å². The number of rotatable bonds is 20. The number of hydrogen-bond acceptors (Lipinski definition) is 8. The molecule has 0 aliphatic rings. The van der Waals surface area contributed by atoms with E-state index in [1.807, 2.05) is 0 Å². The van der Waals surface area contributed by atoms with E-state index < -0.39 is 0 Å². The summed E-state index contributed by atoms with van der Waals surface area (Å²) in [5.74, 6) is 1.92. The van der Waals surface area contributed by atoms with Crippen molar-refractivity contribution >= 4 is 17.8 Å². The van der Waals surface area contributed by atoms with Crippen LogP contribution < -0.4 is 27.4 Å². The molecule has 7 N–H and O–H groups in total. The maximum Gasteiger partial charge on any atom is 0.229 e. The van der Waals surface area contributed by atoms with Crippen molar-refractivity contribution in [3.8, 4) is 0 Å². The number of unbranched alkanes of at least 4 members (excludes halogenated alkanes) is 9. The fourth-order valence-electron chi connectivity index (χ4n) is 3.01. The Balaban J connectivity index is 2.48. The molecule has 1 rings (SSSR count). The summed E-state index contributed by atoms with van der Waals surface area (Å²) in [5.41, 5.74) is 11.1. The van der Waals surface area contributed by atoms with Gasteiger partial charge in [0.25, 0.3) is 0 Å². The van der Waals surface area contributed by atoms with Crippen molar-refractivity contribution in [1.82, 2.24) is 15.0 Å². The normalized spacial score (nSPS) is 10.9. The van der Waals surface area contributed by atoms with Gasteiger partial charge in [0.05, 0.1) is 0 Å². The van der Waals surface area contributed by atoms with E-state index in [1.54, 1.807) is 0 Å². The molecule has 0 saturated heterocycles. The number of aromatic nitrogens is 3. The Bertz CT molecular complexity index is 463. The van der Waals surface area contributed by atoms with Gasteiger partial charge in [-0.1, -0.05) is 51.9 Å². The third-order valence-electron chi connectivity index (χ3n) is 4.78. The Morgan fingerprint density at radius 2 is 0.862 bits per heavy atom. The molecular weight excluding hydrogens is 364 g/mol. The lowest BCUT2D eigenvalue weighted by molar-refractivity contribution is 0.658. The van der Waals surface area contributed by atoms with Crippen molar-refractivity contribution in [2.75, 3.05) is 48.7 Å². The molecule has 1 heterocycles. The first-order valence-electron chi connectivity index (χ1n) is 11.7. The van der Waals surface area contributed by atoms with Crippen molar-refractivity contribution in [3.05, 3.63) is 0 Å². The van der Waals surface area contributed by atoms with Crippen LogP contribution in [0.4, 0.5) is 17.8 Å². The van der Waals surface area contributed by atoms with Crippen LogP contribution in [0.5, 0.6) is 0 Å². The highest BCUT2D eigenvalue weighted by molar-refractivity contribution is 5.42. The Morgan fingerprint density at radius 1 is 0.517 bits per heavy atom. The molecule has 1 aromatic heterocycles. The Labute approximate surface area is 177 Å². The molecule has 0 fully saturated rings. The van der Waals surface area contributed by atoms with Gasteiger partial charge in [-0.25, -0.2) is 0 Å². The number of hydrogen-bond donors (Lipinski definition) is 5. The quantitative estimate of drug-likeness (QED) is 0.207. The molecule has 0 aliphatic heterocycles. The Morgan fingerprint density at radius 3 is 1.21 bits per heavy atom. The average Bonchev–Trinajstić information content (AvgIpc) is 2.73. The molecule has 0 atom stereocenters. The van der Waals surface area contributed by atoms with Gasteiger partial charge >= 0.3 is 0 Å². The van der Waals surface area contributed by atoms with Crippen molar-refractivity contribution in [2.24, 2.45) is 11.5 Å². The summed E-state index contributed by atoms with van der Waals surface area (Å²) in [5, 5.41) is 10.0. The van der Waals surface area contributed by atoms with Crippen LogP contribution in [0.2, 0.25) is 0 Å². The first-order chi connectivity index (χ1) is 14.3. The summed E-state index contributed by atoms with van der Waals surface area (Å²) in [4.78, 5) is 13.6. The van der Waals surface area contributed by atoms with Crippen molar-refractivity contribution in [1.29, 1.82) is 0 Å². The molecule has 0 radical (unpaired) electrons. The van der Waals surface area contributed by atoms with Crippen LogP contribution in [0.1, 0.15) is 84.0 Å². The second-order valence-corrected chi connectivity index (χ2v) is 7.55. The third kappa shape index (κ3) is 14.0. The van der Waals surface area contributed by atoms with Crippen molar-refractivity contribution in [3.63, 3.8) is 0 Å². The minimum absolute atomic E-state index is 0.639. The molecule has 0 bridgehead atoms. The predicted molar refractivity (Wildman–Crippen MR) is 124 cm³/mol. The molecule has 8 nitrogen and oxygen atoms in total. The minimum atomic E-state index is 0.639. The highest BCUT2D eigenvalue weighted by Crippen LogP contribution is 2.11. The zero-order chi connectivity index (χ0) is 21.0. The molecule has 8 heteroatoms. The van der Waals surface area contributed by atoms with Gasteiger partial charge in [0.1, 0.15) is 0 Å². The molecule has 0 saturated carbocycles. The van der Waals surface area contributed by atoms with E-state index in [-0.39, 0.29) is 0 Å². The number of nitrogens with one attached hydrogen (secondary N) is 3. The SMILES string of the molecule is CCCCCCNc1nc(NCCCCCCN)nc(NCCCCCCN)n1. The van der Waals surface area contributed by atoms with Gasteiger partial charge in [0.15, 0.2) is 0 Å². The molecule has 0 spiro atoms. The third-order valence-corrected chi connectivity index (χ3v) is 4.78. The average molecular weight is 409 g/mol. The molecule has 0 aliphatic carbocycles. The second-order valence-electron chi connectivity index (χ2n) is 7.55. The molecular formula is C21H44N8. The number of nitrogens with two attached hydrogens (primary N) is 2. The van der Waals surface area contributed by atoms with E-state index in [2.05, 4.69) is 37.8 Å². The van der Waals surface area contributed by atoms with Gasteiger partial charge in [0, 0.05) is 19.6 Å². The molecule has 168 valence electrons. The lowest BCUT2D eigenvalue weighted by Gasteiger charge is -2.11. The topological polar surface area (TPSA) is 127 Å². The first kappa shape index (κ1) is 25.4. The van der Waals surface area contributed by atoms with Crippen LogP contribution in [0.3, 0.4) is 0 Å². The smallest absolute Gasteiger partial charge is 0.229 e. The standard InChI is InChI=1S/C21H44N8/c1-2-3-4-11-16-24-19-27-20(25-17-12-7-5-9-14-22)29-21(28-19)26-18-13-8-6-10-15-23/h2-18,22-23H2,1H3,(H3,24,25,26,27,28,29). The van der Waals surface area contributed by atoms with Crippen LogP contribution in [0.15, 0.2) is 0 Å². The van der Waals surface area contributed by atoms with Gasteiger partial charge in [0.2, 0.25) is 17.8 Å². The highest BCUT2D eigenvalue weighted by Gasteiger charge is 2.06. The van der Waals surface area contributed by atoms with Gasteiger partial charge in [-0.15, -0.1) is 0 Å². The molecule has 0 amide bonds. The largest absolute Gasteiger partial charge is 0.354 e. The van der Waals surface area contributed by atoms with Gasteiger partial charge in [-0.2, -0.15) is 15.0 Å². The molecule has 0 unspecified atom stereocenters. The summed E-state index contributed by atoms with van der Waals surface area (Å²) in [6.45, 7) is 6.39. The summed E-state index contributed by atoms with van der Waals surface area (Å²) in [7, 11) is 0. The fourth-order valence-corrected chi connectivity index (χ4v) is 3.01. The van der Waals surface area contributed by atoms with E-state index in [0.717, 1.165) is 64.8 Å². The van der Waals surface area contributed by atoms with Crippen LogP contribution in [0, 0.1) is 0 Å². The predicted octanol–water partition coefficient (Wildman–Crippen LogP) is 3.73. The lowest BCUT2D eigenvalue weighted by atomic mass is 10.2. The zero-order valence-electron chi connectivity index (χ0n) is 18.5. The molecule has 1 aromatic rings. The fraction of sp³-hybridized carbons (Fsp3) is 0.857. The lowest BCUT2D eigenvalue weighted by Crippen LogP contribution is -2.14. The van der Waals surface area contributed by atoms with Crippen molar-refractivity contribution in [2.45, 2.75) is 84.0 Å². The van der Waals surface area contributed by atoms with Gasteiger partial charge in [-0.05, 0) is 45.2 Å². The van der Waals surface area contributed by atoms with E-state index >= 15 is 0 Å². The van der Waals surface area contributed by atoms with E-state index in [1.165, 1.54) is 44.9 Å². The maximum absolute atomic E-state index is 5.55.